The predicted octanol–water partition coefficient (Wildman–Crippen LogP) is 3.44. The number of anilines is 2. The summed E-state index contributed by atoms with van der Waals surface area (Å²) in [6, 6.07) is 10.2. The number of nitrogens with one attached hydrogen (secondary N) is 3. The number of aryl methyl sites for hydroxylation is 1. The number of carbonyl (C=O) groups excluding carboxylic acids is 2. The molecule has 0 spiro atoms. The Bertz CT molecular complexity index is 1600. The fraction of sp³-hybridized carbons (Fsp3) is 0.379. The molecule has 0 aliphatic carbocycles. The molecule has 0 unspecified atom stereocenters. The Morgan fingerprint density at radius 3 is 2.52 bits per heavy atom. The molecular weight excluding hydrogens is 560 g/mol. The number of benzene rings is 2. The Kier molecular flexibility index (Phi) is 9.02. The molecule has 3 N–H and O–H groups in total. The summed E-state index contributed by atoms with van der Waals surface area (Å²) in [6.07, 6.45) is 2.45. The van der Waals surface area contributed by atoms with Crippen molar-refractivity contribution in [3.05, 3.63) is 65.1 Å². The van der Waals surface area contributed by atoms with Gasteiger partial charge in [0.2, 0.25) is 21.8 Å². The first-order valence-corrected chi connectivity index (χ1v) is 15.2. The van der Waals surface area contributed by atoms with E-state index in [1.165, 1.54) is 13.4 Å². The highest BCUT2D eigenvalue weighted by Gasteiger charge is 2.23. The molecule has 1 fully saturated rings. The Balaban J connectivity index is 1.58. The summed E-state index contributed by atoms with van der Waals surface area (Å²) >= 11 is 0. The molecule has 3 aromatic rings. The quantitative estimate of drug-likeness (QED) is 0.337. The molecule has 224 valence electrons. The number of hydrogen-bond donors (Lipinski definition) is 3. The van der Waals surface area contributed by atoms with E-state index in [-0.39, 0.29) is 22.8 Å². The molecule has 13 heteroatoms. The average molecular weight is 597 g/mol. The van der Waals surface area contributed by atoms with Crippen LogP contribution in [0.1, 0.15) is 48.0 Å². The maximum Gasteiger partial charge on any atom is 0.255 e. The summed E-state index contributed by atoms with van der Waals surface area (Å²) in [7, 11) is -2.21. The van der Waals surface area contributed by atoms with Crippen molar-refractivity contribution in [2.24, 2.45) is 0 Å². The molecule has 1 aromatic heterocycles. The van der Waals surface area contributed by atoms with Crippen molar-refractivity contribution in [1.29, 1.82) is 0 Å². The van der Waals surface area contributed by atoms with Gasteiger partial charge in [0.05, 0.1) is 37.0 Å². The van der Waals surface area contributed by atoms with Gasteiger partial charge in [-0.1, -0.05) is 26.8 Å². The van der Waals surface area contributed by atoms with Crippen molar-refractivity contribution in [1.82, 2.24) is 20.2 Å². The van der Waals surface area contributed by atoms with Crippen LogP contribution in [0.2, 0.25) is 0 Å². The van der Waals surface area contributed by atoms with Gasteiger partial charge in [0.15, 0.2) is 5.75 Å². The largest absolute Gasteiger partial charge is 0.492 e. The summed E-state index contributed by atoms with van der Waals surface area (Å²) < 4.78 is 38.1. The number of aromatic nitrogens is 2. The first-order chi connectivity index (χ1) is 19.7. The number of sulfonamides is 1. The fourth-order valence-electron chi connectivity index (χ4n) is 4.38. The van der Waals surface area contributed by atoms with E-state index in [1.807, 2.05) is 32.6 Å². The molecule has 0 radical (unpaired) electrons. The van der Waals surface area contributed by atoms with Crippen LogP contribution in [0.5, 0.6) is 17.4 Å². The number of piperazine rings is 1. The van der Waals surface area contributed by atoms with Crippen molar-refractivity contribution in [2.45, 2.75) is 39.7 Å². The molecule has 4 rings (SSSR count). The molecule has 2 amide bonds. The lowest BCUT2D eigenvalue weighted by molar-refractivity contribution is -0.124. The molecule has 12 nitrogen and oxygen atoms in total. The minimum Gasteiger partial charge on any atom is -0.492 e. The molecular formula is C29H36N6O6S. The Hall–Kier alpha value is -4.23. The maximum atomic E-state index is 13.4. The van der Waals surface area contributed by atoms with Gasteiger partial charge in [-0.05, 0) is 47.7 Å². The van der Waals surface area contributed by atoms with Crippen molar-refractivity contribution in [3.8, 4) is 17.4 Å². The predicted molar refractivity (Wildman–Crippen MR) is 160 cm³/mol. The van der Waals surface area contributed by atoms with Crippen LogP contribution >= 0.6 is 0 Å². The maximum absolute atomic E-state index is 13.4. The van der Waals surface area contributed by atoms with Gasteiger partial charge in [0.25, 0.3) is 5.91 Å². The van der Waals surface area contributed by atoms with Gasteiger partial charge in [-0.3, -0.25) is 19.2 Å². The topological polar surface area (TPSA) is 152 Å². The lowest BCUT2D eigenvalue weighted by atomic mass is 9.86. The van der Waals surface area contributed by atoms with Gasteiger partial charge in [0, 0.05) is 31.3 Å². The number of ether oxygens (including phenoxy) is 2. The highest BCUT2D eigenvalue weighted by Crippen LogP contribution is 2.39. The highest BCUT2D eigenvalue weighted by molar-refractivity contribution is 7.92. The summed E-state index contributed by atoms with van der Waals surface area (Å²) in [5, 5.41) is 5.67. The van der Waals surface area contributed by atoms with E-state index in [0.717, 1.165) is 23.9 Å². The normalized spacial score (nSPS) is 14.2. The van der Waals surface area contributed by atoms with Crippen molar-refractivity contribution >= 4 is 33.2 Å². The molecule has 0 atom stereocenters. The summed E-state index contributed by atoms with van der Waals surface area (Å²) in [6.45, 7) is 9.87. The Labute approximate surface area is 245 Å². The lowest BCUT2D eigenvalue weighted by Crippen LogP contribution is -2.47. The van der Waals surface area contributed by atoms with Crippen molar-refractivity contribution in [2.75, 3.05) is 43.0 Å². The number of nitrogens with zero attached hydrogens (tertiary/aromatic N) is 3. The highest BCUT2D eigenvalue weighted by atomic mass is 32.2. The Morgan fingerprint density at radius 1 is 1.12 bits per heavy atom. The molecule has 1 aliphatic rings. The van der Waals surface area contributed by atoms with Crippen LogP contribution in [-0.2, 0) is 26.8 Å². The van der Waals surface area contributed by atoms with E-state index < -0.39 is 15.9 Å². The number of amides is 2. The van der Waals surface area contributed by atoms with Gasteiger partial charge in [-0.25, -0.2) is 18.4 Å². The number of rotatable bonds is 9. The zero-order valence-electron chi connectivity index (χ0n) is 24.6. The number of methoxy groups -OCH3 is 1. The van der Waals surface area contributed by atoms with Crippen LogP contribution in [-0.4, -0.2) is 68.1 Å². The van der Waals surface area contributed by atoms with Gasteiger partial charge in [-0.15, -0.1) is 0 Å². The second-order valence-electron chi connectivity index (χ2n) is 11.2. The summed E-state index contributed by atoms with van der Waals surface area (Å²) in [5.74, 6) is 0.451. The van der Waals surface area contributed by atoms with Crippen molar-refractivity contribution in [3.63, 3.8) is 0 Å². The van der Waals surface area contributed by atoms with E-state index >= 15 is 0 Å². The lowest BCUT2D eigenvalue weighted by Gasteiger charge is -2.25. The fourth-order valence-corrected chi connectivity index (χ4v) is 4.93. The molecule has 1 saturated heterocycles. The zero-order chi connectivity index (χ0) is 30.7. The zero-order valence-corrected chi connectivity index (χ0v) is 25.4. The standard InChI is InChI=1S/C29H36N6O6S/c1-18-7-8-19(11-24(18)41-26-14-21(31-17-32-26)15-35-10-9-30-25(36)16-35)28(37)33-22-12-20(29(2,3)4)13-23(27(22)40-5)34-42(6,38)39/h7-8,11-14,17,34H,9-10,15-16H2,1-6H3,(H,30,36)(H,33,37). The SMILES string of the molecule is COc1c(NC(=O)c2ccc(C)c(Oc3cc(CN4CCNC(=O)C4)ncn3)c2)cc(C(C)(C)C)cc1NS(C)(=O)=O. The minimum absolute atomic E-state index is 0.0249. The van der Waals surface area contributed by atoms with Crippen LogP contribution in [0.25, 0.3) is 0 Å². The minimum atomic E-state index is -3.61. The van der Waals surface area contributed by atoms with E-state index in [2.05, 4.69) is 25.3 Å². The number of carbonyl (C=O) groups is 2. The van der Waals surface area contributed by atoms with E-state index in [4.69, 9.17) is 9.47 Å². The van der Waals surface area contributed by atoms with Gasteiger partial charge >= 0.3 is 0 Å². The van der Waals surface area contributed by atoms with E-state index in [9.17, 15) is 18.0 Å². The molecule has 42 heavy (non-hydrogen) atoms. The summed E-state index contributed by atoms with van der Waals surface area (Å²) in [5.41, 5.74) is 2.78. The van der Waals surface area contributed by atoms with Crippen LogP contribution < -0.4 is 24.8 Å². The third-order valence-corrected chi connectivity index (χ3v) is 7.16. The second kappa shape index (κ2) is 12.3. The number of hydrogen-bond acceptors (Lipinski definition) is 9. The third kappa shape index (κ3) is 7.95. The molecule has 0 saturated carbocycles. The third-order valence-electron chi connectivity index (χ3n) is 6.57. The second-order valence-corrected chi connectivity index (χ2v) is 12.9. The summed E-state index contributed by atoms with van der Waals surface area (Å²) in [4.78, 5) is 35.6. The Morgan fingerprint density at radius 2 is 1.86 bits per heavy atom. The van der Waals surface area contributed by atoms with E-state index in [0.29, 0.717) is 48.2 Å². The van der Waals surface area contributed by atoms with Gasteiger partial charge in [0.1, 0.15) is 12.1 Å². The van der Waals surface area contributed by atoms with Crippen LogP contribution in [0.3, 0.4) is 0 Å². The molecule has 0 bridgehead atoms. The van der Waals surface area contributed by atoms with Crippen LogP contribution in [0, 0.1) is 6.92 Å². The van der Waals surface area contributed by atoms with Gasteiger partial charge < -0.3 is 20.1 Å². The van der Waals surface area contributed by atoms with Gasteiger partial charge in [-0.2, -0.15) is 0 Å². The first kappa shape index (κ1) is 30.7. The van der Waals surface area contributed by atoms with Crippen molar-refractivity contribution < 1.29 is 27.5 Å². The first-order valence-electron chi connectivity index (χ1n) is 13.3. The van der Waals surface area contributed by atoms with E-state index in [1.54, 1.807) is 36.4 Å². The smallest absolute Gasteiger partial charge is 0.255 e. The monoisotopic (exact) mass is 596 g/mol. The molecule has 2 heterocycles. The van der Waals surface area contributed by atoms with Crippen LogP contribution in [0.4, 0.5) is 11.4 Å². The van der Waals surface area contributed by atoms with Crippen LogP contribution in [0.15, 0.2) is 42.7 Å². The molecule has 1 aliphatic heterocycles. The average Bonchev–Trinajstić information content (AvgIpc) is 2.88. The molecule has 2 aromatic carbocycles.